The second kappa shape index (κ2) is 8.85. The van der Waals surface area contributed by atoms with Crippen molar-refractivity contribution in [3.05, 3.63) is 47.5 Å². The standard InChI is InChI=1S/C24H33F2N5O2/c1-23(2,3)20(21(32)27-6)31(15-8-9-16(25)17(26)10-15)22(33)19-18-11-29(7)12-24(4,5)13-30(18)14-28-19/h8-10,14,20H,11-13H2,1-7H3,(H,27,32). The molecule has 1 atom stereocenters. The van der Waals surface area contributed by atoms with Crippen LogP contribution in [0.3, 0.4) is 0 Å². The minimum absolute atomic E-state index is 0.0309. The van der Waals surface area contributed by atoms with Gasteiger partial charge in [-0.3, -0.25) is 19.4 Å². The summed E-state index contributed by atoms with van der Waals surface area (Å²) in [6.07, 6.45) is 1.64. The number of hydrogen-bond acceptors (Lipinski definition) is 4. The summed E-state index contributed by atoms with van der Waals surface area (Å²) in [6.45, 7) is 11.7. The van der Waals surface area contributed by atoms with Gasteiger partial charge in [-0.2, -0.15) is 0 Å². The second-order valence-electron chi connectivity index (χ2n) is 10.7. The van der Waals surface area contributed by atoms with E-state index in [0.29, 0.717) is 13.1 Å². The minimum atomic E-state index is -1.10. The molecule has 180 valence electrons. The molecule has 0 saturated carbocycles. The van der Waals surface area contributed by atoms with Crippen molar-refractivity contribution in [1.29, 1.82) is 0 Å². The molecule has 1 aromatic carbocycles. The SMILES string of the molecule is CNC(=O)C(N(C(=O)c1ncn2c1CN(C)CC(C)(C)C2)c1ccc(F)c(F)c1)C(C)(C)C. The molecule has 3 rings (SSSR count). The highest BCUT2D eigenvalue weighted by Gasteiger charge is 2.42. The van der Waals surface area contributed by atoms with Crippen LogP contribution in [0.15, 0.2) is 24.5 Å². The van der Waals surface area contributed by atoms with Gasteiger partial charge in [0.1, 0.15) is 6.04 Å². The predicted octanol–water partition coefficient (Wildman–Crippen LogP) is 3.44. The maximum absolute atomic E-state index is 14.2. The van der Waals surface area contributed by atoms with Gasteiger partial charge in [-0.05, 0) is 30.0 Å². The fourth-order valence-electron chi connectivity index (χ4n) is 4.61. The maximum Gasteiger partial charge on any atom is 0.279 e. The third-order valence-electron chi connectivity index (χ3n) is 5.84. The van der Waals surface area contributed by atoms with Gasteiger partial charge in [0.05, 0.1) is 12.0 Å². The van der Waals surface area contributed by atoms with E-state index < -0.39 is 34.9 Å². The summed E-state index contributed by atoms with van der Waals surface area (Å²) in [5, 5.41) is 2.60. The van der Waals surface area contributed by atoms with Crippen LogP contribution >= 0.6 is 0 Å². The number of fused-ring (bicyclic) bond motifs is 1. The van der Waals surface area contributed by atoms with Crippen LogP contribution < -0.4 is 10.2 Å². The van der Waals surface area contributed by atoms with Crippen molar-refractivity contribution < 1.29 is 18.4 Å². The van der Waals surface area contributed by atoms with Gasteiger partial charge in [-0.15, -0.1) is 0 Å². The van der Waals surface area contributed by atoms with Gasteiger partial charge in [-0.1, -0.05) is 34.6 Å². The first-order valence-electron chi connectivity index (χ1n) is 11.0. The van der Waals surface area contributed by atoms with Gasteiger partial charge in [-0.25, -0.2) is 13.8 Å². The lowest BCUT2D eigenvalue weighted by atomic mass is 9.84. The summed E-state index contributed by atoms with van der Waals surface area (Å²) in [4.78, 5) is 34.8. The molecule has 2 aromatic rings. The second-order valence-corrected chi connectivity index (χ2v) is 10.7. The third kappa shape index (κ3) is 5.08. The normalized spacial score (nSPS) is 17.1. The number of likely N-dealkylation sites (N-methyl/N-ethyl adjacent to an activating group) is 1. The molecular formula is C24H33F2N5O2. The molecule has 1 aromatic heterocycles. The zero-order chi connectivity index (χ0) is 24.7. The molecule has 0 spiro atoms. The summed E-state index contributed by atoms with van der Waals surface area (Å²) in [5.41, 5.74) is 0.270. The first-order chi connectivity index (χ1) is 15.2. The monoisotopic (exact) mass is 461 g/mol. The summed E-state index contributed by atoms with van der Waals surface area (Å²) >= 11 is 0. The van der Waals surface area contributed by atoms with Crippen molar-refractivity contribution in [3.63, 3.8) is 0 Å². The first kappa shape index (κ1) is 24.8. The molecule has 0 radical (unpaired) electrons. The molecule has 1 N–H and O–H groups in total. The average molecular weight is 462 g/mol. The van der Waals surface area contributed by atoms with Crippen LogP contribution in [-0.4, -0.2) is 52.9 Å². The smallest absolute Gasteiger partial charge is 0.279 e. The van der Waals surface area contributed by atoms with E-state index in [2.05, 4.69) is 29.0 Å². The van der Waals surface area contributed by atoms with Crippen molar-refractivity contribution >= 4 is 17.5 Å². The summed E-state index contributed by atoms with van der Waals surface area (Å²) < 4.78 is 29.9. The molecule has 0 bridgehead atoms. The average Bonchev–Trinajstić information content (AvgIpc) is 3.01. The van der Waals surface area contributed by atoms with E-state index in [1.54, 1.807) is 6.33 Å². The Morgan fingerprint density at radius 2 is 1.85 bits per heavy atom. The number of rotatable bonds is 4. The maximum atomic E-state index is 14.2. The molecule has 9 heteroatoms. The van der Waals surface area contributed by atoms with Gasteiger partial charge in [0.15, 0.2) is 17.3 Å². The van der Waals surface area contributed by atoms with Gasteiger partial charge in [0.25, 0.3) is 5.91 Å². The zero-order valence-electron chi connectivity index (χ0n) is 20.4. The molecule has 0 aliphatic carbocycles. The number of amides is 2. The van der Waals surface area contributed by atoms with Crippen molar-refractivity contribution in [2.75, 3.05) is 25.5 Å². The van der Waals surface area contributed by atoms with Gasteiger partial charge in [0.2, 0.25) is 5.91 Å². The molecule has 1 unspecified atom stereocenters. The van der Waals surface area contributed by atoms with Gasteiger partial charge in [0, 0.05) is 38.4 Å². The van der Waals surface area contributed by atoms with E-state index in [4.69, 9.17) is 0 Å². The largest absolute Gasteiger partial charge is 0.357 e. The van der Waals surface area contributed by atoms with Crippen molar-refractivity contribution in [3.8, 4) is 0 Å². The molecular weight excluding hydrogens is 428 g/mol. The van der Waals surface area contributed by atoms with Crippen LogP contribution in [-0.2, 0) is 17.9 Å². The molecule has 0 saturated heterocycles. The Morgan fingerprint density at radius 3 is 2.42 bits per heavy atom. The number of nitrogens with one attached hydrogen (secondary N) is 1. The number of benzene rings is 1. The third-order valence-corrected chi connectivity index (χ3v) is 5.84. The van der Waals surface area contributed by atoms with Crippen molar-refractivity contribution in [1.82, 2.24) is 19.8 Å². The molecule has 1 aliphatic heterocycles. The molecule has 2 heterocycles. The Bertz CT molecular complexity index is 1060. The molecule has 2 amide bonds. The Labute approximate surface area is 193 Å². The summed E-state index contributed by atoms with van der Waals surface area (Å²) in [6, 6.07) is 2.22. The van der Waals surface area contributed by atoms with Crippen molar-refractivity contribution in [2.24, 2.45) is 10.8 Å². The van der Waals surface area contributed by atoms with Crippen LogP contribution in [0.5, 0.6) is 0 Å². The number of nitrogens with zero attached hydrogens (tertiary/aromatic N) is 4. The van der Waals surface area contributed by atoms with E-state index >= 15 is 0 Å². The Balaban J connectivity index is 2.18. The topological polar surface area (TPSA) is 70.5 Å². The number of carbonyl (C=O) groups is 2. The lowest BCUT2D eigenvalue weighted by Gasteiger charge is -2.38. The van der Waals surface area contributed by atoms with Gasteiger partial charge < -0.3 is 9.88 Å². The van der Waals surface area contributed by atoms with Gasteiger partial charge >= 0.3 is 0 Å². The number of carbonyl (C=O) groups excluding carboxylic acids is 2. The number of halogens is 2. The summed E-state index contributed by atoms with van der Waals surface area (Å²) in [5.74, 6) is -3.08. The molecule has 0 fully saturated rings. The number of aromatic nitrogens is 2. The van der Waals surface area contributed by atoms with E-state index in [9.17, 15) is 18.4 Å². The lowest BCUT2D eigenvalue weighted by Crippen LogP contribution is -2.56. The number of imidazole rings is 1. The molecule has 7 nitrogen and oxygen atoms in total. The molecule has 33 heavy (non-hydrogen) atoms. The Kier molecular flexibility index (Phi) is 6.66. The number of anilines is 1. The van der Waals surface area contributed by atoms with Crippen LogP contribution in [0.2, 0.25) is 0 Å². The lowest BCUT2D eigenvalue weighted by molar-refractivity contribution is -0.124. The fraction of sp³-hybridized carbons (Fsp3) is 0.542. The molecule has 1 aliphatic rings. The van der Waals surface area contributed by atoms with E-state index in [1.807, 2.05) is 32.4 Å². The highest BCUT2D eigenvalue weighted by atomic mass is 19.2. The zero-order valence-corrected chi connectivity index (χ0v) is 20.4. The van der Waals surface area contributed by atoms with Crippen LogP contribution in [0.4, 0.5) is 14.5 Å². The van der Waals surface area contributed by atoms with Crippen LogP contribution in [0.1, 0.15) is 50.8 Å². The van der Waals surface area contributed by atoms with E-state index in [1.165, 1.54) is 18.0 Å². The van der Waals surface area contributed by atoms with Crippen molar-refractivity contribution in [2.45, 2.75) is 53.8 Å². The van der Waals surface area contributed by atoms with Crippen LogP contribution in [0.25, 0.3) is 0 Å². The fourth-order valence-corrected chi connectivity index (χ4v) is 4.61. The highest BCUT2D eigenvalue weighted by Crippen LogP contribution is 2.33. The Morgan fingerprint density at radius 1 is 1.18 bits per heavy atom. The Hall–Kier alpha value is -2.81. The predicted molar refractivity (Wildman–Crippen MR) is 123 cm³/mol. The van der Waals surface area contributed by atoms with Crippen LogP contribution in [0, 0.1) is 22.5 Å². The van der Waals surface area contributed by atoms with E-state index in [0.717, 1.165) is 24.4 Å². The highest BCUT2D eigenvalue weighted by molar-refractivity contribution is 6.09. The number of hydrogen-bond donors (Lipinski definition) is 1. The summed E-state index contributed by atoms with van der Waals surface area (Å²) in [7, 11) is 3.46. The minimum Gasteiger partial charge on any atom is -0.357 e. The quantitative estimate of drug-likeness (QED) is 0.757. The first-order valence-corrected chi connectivity index (χ1v) is 11.0. The van der Waals surface area contributed by atoms with E-state index in [-0.39, 0.29) is 16.8 Å².